The van der Waals surface area contributed by atoms with Crippen LogP contribution in [0.3, 0.4) is 0 Å². The van der Waals surface area contributed by atoms with Crippen molar-refractivity contribution in [3.63, 3.8) is 0 Å². The van der Waals surface area contributed by atoms with Gasteiger partial charge in [-0.1, -0.05) is 18.2 Å². The molecule has 2 N–H and O–H groups in total. The maximum atomic E-state index is 14.1. The van der Waals surface area contributed by atoms with Crippen molar-refractivity contribution in [2.45, 2.75) is 12.6 Å². The van der Waals surface area contributed by atoms with Crippen molar-refractivity contribution in [1.82, 2.24) is 15.5 Å². The van der Waals surface area contributed by atoms with Crippen molar-refractivity contribution in [3.05, 3.63) is 65.2 Å². The second kappa shape index (κ2) is 9.87. The molecule has 0 bridgehead atoms. The Hall–Kier alpha value is -2.67. The Morgan fingerprint density at radius 2 is 1.70 bits per heavy atom. The third-order valence-corrected chi connectivity index (χ3v) is 4.26. The summed E-state index contributed by atoms with van der Waals surface area (Å²) in [5, 5.41) is 6.33. The standard InChI is InChI=1S/C20H26F2N4O/c1-23-20(24-12-14-8-10-15(27-4)11-9-14)25-13-18(26(2)3)19-16(21)6-5-7-17(19)22/h5-11,18H,12-13H2,1-4H3,(H2,23,24,25). The highest BCUT2D eigenvalue weighted by atomic mass is 19.1. The largest absolute Gasteiger partial charge is 0.497 e. The van der Waals surface area contributed by atoms with Crippen molar-refractivity contribution >= 4 is 5.96 Å². The van der Waals surface area contributed by atoms with E-state index in [4.69, 9.17) is 4.74 Å². The fourth-order valence-corrected chi connectivity index (χ4v) is 2.72. The summed E-state index contributed by atoms with van der Waals surface area (Å²) in [6, 6.07) is 11.1. The van der Waals surface area contributed by atoms with Crippen LogP contribution in [0.4, 0.5) is 8.78 Å². The van der Waals surface area contributed by atoms with Crippen molar-refractivity contribution in [3.8, 4) is 5.75 Å². The number of nitrogens with one attached hydrogen (secondary N) is 2. The van der Waals surface area contributed by atoms with E-state index < -0.39 is 17.7 Å². The Morgan fingerprint density at radius 3 is 2.22 bits per heavy atom. The van der Waals surface area contributed by atoms with Crippen LogP contribution in [0.15, 0.2) is 47.5 Å². The minimum Gasteiger partial charge on any atom is -0.497 e. The van der Waals surface area contributed by atoms with Gasteiger partial charge in [0, 0.05) is 25.7 Å². The number of likely N-dealkylation sites (N-methyl/N-ethyl adjacent to an activating group) is 1. The number of nitrogens with zero attached hydrogens (tertiary/aromatic N) is 2. The molecule has 146 valence electrons. The van der Waals surface area contributed by atoms with Crippen LogP contribution >= 0.6 is 0 Å². The average molecular weight is 376 g/mol. The maximum Gasteiger partial charge on any atom is 0.191 e. The average Bonchev–Trinajstić information content (AvgIpc) is 2.66. The molecule has 7 heteroatoms. The monoisotopic (exact) mass is 376 g/mol. The molecule has 27 heavy (non-hydrogen) atoms. The lowest BCUT2D eigenvalue weighted by Crippen LogP contribution is -2.41. The first-order valence-corrected chi connectivity index (χ1v) is 8.64. The zero-order valence-corrected chi connectivity index (χ0v) is 16.1. The van der Waals surface area contributed by atoms with Gasteiger partial charge in [0.2, 0.25) is 0 Å². The molecule has 5 nitrogen and oxygen atoms in total. The summed E-state index contributed by atoms with van der Waals surface area (Å²) in [5.41, 5.74) is 1.10. The molecule has 1 atom stereocenters. The minimum atomic E-state index is -0.559. The lowest BCUT2D eigenvalue weighted by molar-refractivity contribution is 0.282. The molecule has 0 heterocycles. The molecular formula is C20H26F2N4O. The molecule has 2 rings (SSSR count). The lowest BCUT2D eigenvalue weighted by atomic mass is 10.0. The lowest BCUT2D eigenvalue weighted by Gasteiger charge is -2.26. The van der Waals surface area contributed by atoms with Gasteiger partial charge in [0.05, 0.1) is 13.2 Å². The number of ether oxygens (including phenoxy) is 1. The Kier molecular flexibility index (Phi) is 7.55. The molecule has 0 aliphatic carbocycles. The number of guanidine groups is 1. The summed E-state index contributed by atoms with van der Waals surface area (Å²) in [7, 11) is 6.84. The second-order valence-corrected chi connectivity index (χ2v) is 6.27. The van der Waals surface area contributed by atoms with Gasteiger partial charge >= 0.3 is 0 Å². The zero-order valence-electron chi connectivity index (χ0n) is 16.1. The van der Waals surface area contributed by atoms with Gasteiger partial charge in [-0.05, 0) is 43.9 Å². The van der Waals surface area contributed by atoms with E-state index in [1.54, 1.807) is 33.2 Å². The van der Waals surface area contributed by atoms with Crippen LogP contribution in [0, 0.1) is 11.6 Å². The number of methoxy groups -OCH3 is 1. The summed E-state index contributed by atoms with van der Waals surface area (Å²) >= 11 is 0. The van der Waals surface area contributed by atoms with Crippen LogP contribution in [0.2, 0.25) is 0 Å². The van der Waals surface area contributed by atoms with Gasteiger partial charge in [0.25, 0.3) is 0 Å². The van der Waals surface area contributed by atoms with Gasteiger partial charge in [-0.3, -0.25) is 4.99 Å². The van der Waals surface area contributed by atoms with Crippen molar-refractivity contribution in [2.75, 3.05) is 34.8 Å². The summed E-state index contributed by atoms with van der Waals surface area (Å²) in [5.74, 6) is 0.227. The highest BCUT2D eigenvalue weighted by Crippen LogP contribution is 2.23. The van der Waals surface area contributed by atoms with Gasteiger partial charge in [-0.2, -0.15) is 0 Å². The fourth-order valence-electron chi connectivity index (χ4n) is 2.72. The highest BCUT2D eigenvalue weighted by Gasteiger charge is 2.22. The predicted molar refractivity (Wildman–Crippen MR) is 104 cm³/mol. The topological polar surface area (TPSA) is 48.9 Å². The van der Waals surface area contributed by atoms with E-state index in [1.807, 2.05) is 24.3 Å². The Morgan fingerprint density at radius 1 is 1.07 bits per heavy atom. The van der Waals surface area contributed by atoms with Crippen molar-refractivity contribution in [1.29, 1.82) is 0 Å². The molecule has 0 radical (unpaired) electrons. The molecule has 2 aromatic rings. The third-order valence-electron chi connectivity index (χ3n) is 4.26. The smallest absolute Gasteiger partial charge is 0.191 e. The molecule has 2 aromatic carbocycles. The summed E-state index contributed by atoms with van der Waals surface area (Å²) < 4.78 is 33.4. The van der Waals surface area contributed by atoms with Crippen molar-refractivity contribution in [2.24, 2.45) is 4.99 Å². The van der Waals surface area contributed by atoms with Crippen molar-refractivity contribution < 1.29 is 13.5 Å². The number of aliphatic imine (C=N–C) groups is 1. The molecule has 0 amide bonds. The second-order valence-electron chi connectivity index (χ2n) is 6.27. The Labute approximate surface area is 159 Å². The van der Waals surface area contributed by atoms with E-state index in [0.29, 0.717) is 19.0 Å². The van der Waals surface area contributed by atoms with Crippen LogP contribution in [0.5, 0.6) is 5.75 Å². The van der Waals surface area contributed by atoms with Gasteiger partial charge in [-0.25, -0.2) is 8.78 Å². The molecule has 0 fully saturated rings. The van der Waals surface area contributed by atoms with E-state index in [9.17, 15) is 8.78 Å². The quantitative estimate of drug-likeness (QED) is 0.576. The van der Waals surface area contributed by atoms with Crippen LogP contribution in [0.1, 0.15) is 17.2 Å². The molecule has 0 aliphatic heterocycles. The summed E-state index contributed by atoms with van der Waals surface area (Å²) in [6.45, 7) is 0.859. The summed E-state index contributed by atoms with van der Waals surface area (Å²) in [4.78, 5) is 5.94. The fraction of sp³-hybridized carbons (Fsp3) is 0.350. The molecule has 0 aromatic heterocycles. The number of hydrogen-bond donors (Lipinski definition) is 2. The number of rotatable bonds is 7. The van der Waals surface area contributed by atoms with E-state index in [2.05, 4.69) is 15.6 Å². The molecule has 0 spiro atoms. The molecule has 0 aliphatic rings. The van der Waals surface area contributed by atoms with E-state index in [0.717, 1.165) is 11.3 Å². The SMILES string of the molecule is CN=C(NCc1ccc(OC)cc1)NCC(c1c(F)cccc1F)N(C)C. The predicted octanol–water partition coefficient (Wildman–Crippen LogP) is 2.94. The molecular weight excluding hydrogens is 350 g/mol. The zero-order chi connectivity index (χ0) is 19.8. The van der Waals surface area contributed by atoms with E-state index in [-0.39, 0.29) is 5.56 Å². The van der Waals surface area contributed by atoms with Gasteiger partial charge in [0.15, 0.2) is 5.96 Å². The molecule has 1 unspecified atom stereocenters. The van der Waals surface area contributed by atoms with Crippen LogP contribution in [0.25, 0.3) is 0 Å². The van der Waals surface area contributed by atoms with E-state index >= 15 is 0 Å². The number of hydrogen-bond acceptors (Lipinski definition) is 3. The molecule has 0 saturated heterocycles. The first kappa shape index (κ1) is 20.6. The Balaban J connectivity index is 2.00. The van der Waals surface area contributed by atoms with E-state index in [1.165, 1.54) is 18.2 Å². The normalized spacial score (nSPS) is 12.8. The summed E-state index contributed by atoms with van der Waals surface area (Å²) in [6.07, 6.45) is 0. The van der Waals surface area contributed by atoms with Gasteiger partial charge in [-0.15, -0.1) is 0 Å². The van der Waals surface area contributed by atoms with Crippen LogP contribution < -0.4 is 15.4 Å². The molecule has 0 saturated carbocycles. The minimum absolute atomic E-state index is 0.0422. The number of halogens is 2. The third kappa shape index (κ3) is 5.65. The van der Waals surface area contributed by atoms with Crippen LogP contribution in [-0.2, 0) is 6.54 Å². The van der Waals surface area contributed by atoms with Crippen LogP contribution in [-0.4, -0.2) is 45.7 Å². The first-order valence-electron chi connectivity index (χ1n) is 8.64. The maximum absolute atomic E-state index is 14.1. The van der Waals surface area contributed by atoms with Gasteiger partial charge < -0.3 is 20.3 Å². The van der Waals surface area contributed by atoms with Gasteiger partial charge in [0.1, 0.15) is 17.4 Å². The first-order chi connectivity index (χ1) is 13.0. The number of benzene rings is 2. The Bertz CT molecular complexity index is 743. The highest BCUT2D eigenvalue weighted by molar-refractivity contribution is 5.79.